The molecule has 0 aliphatic heterocycles. The maximum atomic E-state index is 4.68. The van der Waals surface area contributed by atoms with Crippen LogP contribution in [0.25, 0.3) is 10.9 Å². The van der Waals surface area contributed by atoms with Gasteiger partial charge in [-0.25, -0.2) is 4.98 Å². The minimum Gasteiger partial charge on any atom is -0.367 e. The molecule has 1 atom stereocenters. The van der Waals surface area contributed by atoms with Gasteiger partial charge in [-0.15, -0.1) is 0 Å². The molecule has 1 saturated carbocycles. The fraction of sp³-hybridized carbons (Fsp3) is 0.438. The molecule has 1 aromatic carbocycles. The van der Waals surface area contributed by atoms with E-state index in [9.17, 15) is 0 Å². The van der Waals surface area contributed by atoms with E-state index in [1.165, 1.54) is 24.6 Å². The predicted molar refractivity (Wildman–Crippen MR) is 76.8 cm³/mol. The number of hydrogen-bond donors (Lipinski definition) is 1. The van der Waals surface area contributed by atoms with E-state index >= 15 is 0 Å². The van der Waals surface area contributed by atoms with Gasteiger partial charge in [0.2, 0.25) is 0 Å². The van der Waals surface area contributed by atoms with Crippen LogP contribution in [0.1, 0.15) is 33.1 Å². The van der Waals surface area contributed by atoms with Crippen LogP contribution in [-0.4, -0.2) is 11.0 Å². The van der Waals surface area contributed by atoms with Gasteiger partial charge in [0.1, 0.15) is 5.82 Å². The first-order chi connectivity index (χ1) is 8.62. The van der Waals surface area contributed by atoms with E-state index in [2.05, 4.69) is 54.5 Å². The van der Waals surface area contributed by atoms with Crippen molar-refractivity contribution in [2.75, 3.05) is 5.32 Å². The highest BCUT2D eigenvalue weighted by Gasteiger charge is 2.30. The van der Waals surface area contributed by atoms with Crippen molar-refractivity contribution in [1.29, 1.82) is 0 Å². The molecular weight excluding hydrogens is 220 g/mol. The summed E-state index contributed by atoms with van der Waals surface area (Å²) in [6, 6.07) is 13.1. The molecule has 2 aromatic rings. The molecule has 1 unspecified atom stereocenters. The van der Waals surface area contributed by atoms with Gasteiger partial charge in [0.15, 0.2) is 0 Å². The number of fused-ring (bicyclic) bond motifs is 1. The number of para-hydroxylation sites is 1. The number of nitrogens with one attached hydrogen (secondary N) is 1. The van der Waals surface area contributed by atoms with E-state index in [4.69, 9.17) is 0 Å². The second-order valence-electron chi connectivity index (χ2n) is 6.14. The third-order valence-electron chi connectivity index (χ3n) is 3.92. The van der Waals surface area contributed by atoms with Crippen molar-refractivity contribution in [3.05, 3.63) is 36.4 Å². The average molecular weight is 240 g/mol. The summed E-state index contributed by atoms with van der Waals surface area (Å²) in [6.45, 7) is 4.70. The Kier molecular flexibility index (Phi) is 2.73. The molecule has 2 nitrogen and oxygen atoms in total. The molecule has 0 radical (unpaired) electrons. The summed E-state index contributed by atoms with van der Waals surface area (Å²) in [6.07, 6.45) is 3.79. The number of rotatable bonds is 2. The normalized spacial score (nSPS) is 22.2. The second-order valence-corrected chi connectivity index (χ2v) is 6.14. The van der Waals surface area contributed by atoms with Crippen molar-refractivity contribution in [3.8, 4) is 0 Å². The Balaban J connectivity index is 1.79. The Morgan fingerprint density at radius 2 is 2.00 bits per heavy atom. The SMILES string of the molecule is CC1(C)CCC(Nc2ccc3ccccc3n2)C1. The summed E-state index contributed by atoms with van der Waals surface area (Å²) in [5.41, 5.74) is 1.55. The van der Waals surface area contributed by atoms with Crippen LogP contribution in [0.5, 0.6) is 0 Å². The maximum absolute atomic E-state index is 4.68. The Bertz CT molecular complexity index is 560. The van der Waals surface area contributed by atoms with E-state index in [0.717, 1.165) is 11.3 Å². The number of hydrogen-bond acceptors (Lipinski definition) is 2. The van der Waals surface area contributed by atoms with E-state index < -0.39 is 0 Å². The molecule has 1 aliphatic carbocycles. The number of pyridine rings is 1. The Hall–Kier alpha value is -1.57. The van der Waals surface area contributed by atoms with Crippen LogP contribution >= 0.6 is 0 Å². The Morgan fingerprint density at radius 1 is 1.17 bits per heavy atom. The van der Waals surface area contributed by atoms with E-state index in [1.54, 1.807) is 0 Å². The Morgan fingerprint density at radius 3 is 2.78 bits per heavy atom. The van der Waals surface area contributed by atoms with Crippen LogP contribution in [0.3, 0.4) is 0 Å². The third kappa shape index (κ3) is 2.33. The first kappa shape index (κ1) is 11.5. The van der Waals surface area contributed by atoms with Crippen LogP contribution in [0, 0.1) is 5.41 Å². The number of aromatic nitrogens is 1. The van der Waals surface area contributed by atoms with E-state index in [0.29, 0.717) is 11.5 Å². The van der Waals surface area contributed by atoms with Crippen molar-refractivity contribution in [1.82, 2.24) is 4.98 Å². The van der Waals surface area contributed by atoms with Crippen molar-refractivity contribution in [3.63, 3.8) is 0 Å². The van der Waals surface area contributed by atoms with Gasteiger partial charge in [0.25, 0.3) is 0 Å². The van der Waals surface area contributed by atoms with Gasteiger partial charge in [-0.05, 0) is 42.9 Å². The molecule has 0 spiro atoms. The smallest absolute Gasteiger partial charge is 0.126 e. The summed E-state index contributed by atoms with van der Waals surface area (Å²) >= 11 is 0. The van der Waals surface area contributed by atoms with Gasteiger partial charge < -0.3 is 5.32 Å². The van der Waals surface area contributed by atoms with Gasteiger partial charge in [-0.2, -0.15) is 0 Å². The number of nitrogens with zero attached hydrogens (tertiary/aromatic N) is 1. The number of benzene rings is 1. The van der Waals surface area contributed by atoms with Gasteiger partial charge in [-0.3, -0.25) is 0 Å². The Labute approximate surface area is 108 Å². The second kappa shape index (κ2) is 4.27. The van der Waals surface area contributed by atoms with Gasteiger partial charge >= 0.3 is 0 Å². The lowest BCUT2D eigenvalue weighted by Crippen LogP contribution is -2.18. The summed E-state index contributed by atoms with van der Waals surface area (Å²) < 4.78 is 0. The lowest BCUT2D eigenvalue weighted by atomic mass is 9.92. The third-order valence-corrected chi connectivity index (χ3v) is 3.92. The molecule has 0 bridgehead atoms. The van der Waals surface area contributed by atoms with Crippen LogP contribution < -0.4 is 5.32 Å². The highest BCUT2D eigenvalue weighted by Crippen LogP contribution is 2.38. The van der Waals surface area contributed by atoms with Crippen molar-refractivity contribution < 1.29 is 0 Å². The zero-order chi connectivity index (χ0) is 12.6. The zero-order valence-corrected chi connectivity index (χ0v) is 11.1. The lowest BCUT2D eigenvalue weighted by molar-refractivity contribution is 0.378. The highest BCUT2D eigenvalue weighted by atomic mass is 15.0. The van der Waals surface area contributed by atoms with E-state index in [-0.39, 0.29) is 0 Å². The highest BCUT2D eigenvalue weighted by molar-refractivity contribution is 5.80. The molecule has 1 aliphatic rings. The monoisotopic (exact) mass is 240 g/mol. The van der Waals surface area contributed by atoms with Gasteiger partial charge in [0.05, 0.1) is 5.52 Å². The summed E-state index contributed by atoms with van der Waals surface area (Å²) in [5, 5.41) is 4.78. The first-order valence-electron chi connectivity index (χ1n) is 6.75. The van der Waals surface area contributed by atoms with Crippen molar-refractivity contribution in [2.24, 2.45) is 5.41 Å². The molecule has 1 heterocycles. The van der Waals surface area contributed by atoms with Crippen LogP contribution in [0.15, 0.2) is 36.4 Å². The van der Waals surface area contributed by atoms with Crippen LogP contribution in [0.4, 0.5) is 5.82 Å². The molecule has 0 amide bonds. The average Bonchev–Trinajstić information content (AvgIpc) is 2.68. The molecule has 1 fully saturated rings. The fourth-order valence-electron chi connectivity index (χ4n) is 2.91. The molecule has 0 saturated heterocycles. The molecule has 1 N–H and O–H groups in total. The van der Waals surface area contributed by atoms with E-state index in [1.807, 2.05) is 6.07 Å². The minimum atomic E-state index is 0.481. The molecule has 2 heteroatoms. The summed E-state index contributed by atoms with van der Waals surface area (Å²) in [7, 11) is 0. The molecule has 1 aromatic heterocycles. The van der Waals surface area contributed by atoms with Gasteiger partial charge in [-0.1, -0.05) is 32.0 Å². The van der Waals surface area contributed by atoms with Crippen molar-refractivity contribution in [2.45, 2.75) is 39.2 Å². The number of anilines is 1. The summed E-state index contributed by atoms with van der Waals surface area (Å²) in [4.78, 5) is 4.68. The van der Waals surface area contributed by atoms with Gasteiger partial charge in [0, 0.05) is 11.4 Å². The zero-order valence-electron chi connectivity index (χ0n) is 11.1. The standard InChI is InChI=1S/C16H20N2/c1-16(2)10-9-13(11-16)17-15-8-7-12-5-3-4-6-14(12)18-15/h3-8,13H,9-11H2,1-2H3,(H,17,18). The largest absolute Gasteiger partial charge is 0.367 e. The molecule has 94 valence electrons. The maximum Gasteiger partial charge on any atom is 0.126 e. The lowest BCUT2D eigenvalue weighted by Gasteiger charge is -2.18. The fourth-order valence-corrected chi connectivity index (χ4v) is 2.91. The summed E-state index contributed by atoms with van der Waals surface area (Å²) in [5.74, 6) is 1.01. The van der Waals surface area contributed by atoms with Crippen LogP contribution in [0.2, 0.25) is 0 Å². The quantitative estimate of drug-likeness (QED) is 0.850. The predicted octanol–water partition coefficient (Wildman–Crippen LogP) is 4.23. The molecule has 3 rings (SSSR count). The van der Waals surface area contributed by atoms with Crippen LogP contribution in [-0.2, 0) is 0 Å². The molecular formula is C16H20N2. The molecule has 18 heavy (non-hydrogen) atoms. The minimum absolute atomic E-state index is 0.481. The topological polar surface area (TPSA) is 24.9 Å². The van der Waals surface area contributed by atoms with Crippen molar-refractivity contribution >= 4 is 16.7 Å². The first-order valence-corrected chi connectivity index (χ1v) is 6.75.